The number of aryl methyl sites for hydroxylation is 1. The molecule has 1 aliphatic rings. The molecule has 0 bridgehead atoms. The Bertz CT molecular complexity index is 1080. The normalized spacial score (nSPS) is 20.2. The van der Waals surface area contributed by atoms with Crippen LogP contribution >= 0.6 is 0 Å². The third kappa shape index (κ3) is 4.88. The lowest BCUT2D eigenvalue weighted by Crippen LogP contribution is -2.38. The minimum absolute atomic E-state index is 0.0491. The van der Waals surface area contributed by atoms with Crippen molar-refractivity contribution < 1.29 is 14.1 Å². The molecule has 1 fully saturated rings. The molecule has 0 aliphatic heterocycles. The third-order valence-electron chi connectivity index (χ3n) is 5.98. The number of nitrogens with zero attached hydrogens (tertiary/aromatic N) is 3. The molecule has 3 atom stereocenters. The Balaban J connectivity index is 1.52. The molecule has 166 valence electrons. The molecule has 7 heteroatoms. The topological polar surface area (TPSA) is 88.3 Å². The maximum atomic E-state index is 12.8. The van der Waals surface area contributed by atoms with Crippen LogP contribution < -0.4 is 5.32 Å². The average molecular weight is 433 g/mol. The Hall–Kier alpha value is -3.48. The summed E-state index contributed by atoms with van der Waals surface area (Å²) in [4.78, 5) is 31.6. The Labute approximate surface area is 187 Å². The fourth-order valence-electron chi connectivity index (χ4n) is 4.28. The second-order valence-corrected chi connectivity index (χ2v) is 8.67. The van der Waals surface area contributed by atoms with Gasteiger partial charge in [0.05, 0.1) is 12.3 Å². The van der Waals surface area contributed by atoms with E-state index >= 15 is 0 Å². The number of hydrogen-bond donors (Lipinski definition) is 1. The lowest BCUT2D eigenvalue weighted by Gasteiger charge is -2.18. The standard InChI is InChI=1S/C25H28N4O3/c1-16-9-11-17(12-10-16)13-22(30)26-21-15-19(25(31)29(2)3)14-20(21)24-27-23(28-32-24)18-7-5-4-6-8-18/h4-12,19-21H,13-15H2,1-3H3,(H,26,30)/t19-,20-,21+/m1/s1. The molecule has 0 radical (unpaired) electrons. The van der Waals surface area contributed by atoms with Crippen molar-refractivity contribution in [2.24, 2.45) is 5.92 Å². The Morgan fingerprint density at radius 3 is 2.47 bits per heavy atom. The molecule has 7 nitrogen and oxygen atoms in total. The zero-order valence-electron chi connectivity index (χ0n) is 18.6. The van der Waals surface area contributed by atoms with E-state index in [1.54, 1.807) is 19.0 Å². The Morgan fingerprint density at radius 2 is 1.78 bits per heavy atom. The van der Waals surface area contributed by atoms with Gasteiger partial charge in [0.2, 0.25) is 23.5 Å². The van der Waals surface area contributed by atoms with E-state index in [-0.39, 0.29) is 36.1 Å². The number of nitrogens with one attached hydrogen (secondary N) is 1. The molecule has 1 aliphatic carbocycles. The molecular weight excluding hydrogens is 404 g/mol. The summed E-state index contributed by atoms with van der Waals surface area (Å²) < 4.78 is 5.60. The van der Waals surface area contributed by atoms with Crippen LogP contribution in [-0.4, -0.2) is 47.0 Å². The number of rotatable bonds is 6. The van der Waals surface area contributed by atoms with Gasteiger partial charge in [-0.05, 0) is 25.3 Å². The molecule has 1 aromatic heterocycles. The minimum atomic E-state index is -0.245. The van der Waals surface area contributed by atoms with Gasteiger partial charge in [-0.1, -0.05) is 65.3 Å². The number of benzene rings is 2. The maximum Gasteiger partial charge on any atom is 0.232 e. The van der Waals surface area contributed by atoms with Gasteiger partial charge in [-0.3, -0.25) is 9.59 Å². The van der Waals surface area contributed by atoms with E-state index in [1.807, 2.05) is 61.5 Å². The van der Waals surface area contributed by atoms with E-state index in [4.69, 9.17) is 4.52 Å². The smallest absolute Gasteiger partial charge is 0.232 e. The first kappa shape index (κ1) is 21.7. The summed E-state index contributed by atoms with van der Waals surface area (Å²) in [6, 6.07) is 17.3. The summed E-state index contributed by atoms with van der Waals surface area (Å²) in [6.45, 7) is 2.02. The van der Waals surface area contributed by atoms with Crippen LogP contribution in [0.5, 0.6) is 0 Å². The van der Waals surface area contributed by atoms with Crippen LogP contribution in [0.1, 0.15) is 35.8 Å². The molecule has 2 aromatic carbocycles. The van der Waals surface area contributed by atoms with Gasteiger partial charge in [-0.2, -0.15) is 4.98 Å². The third-order valence-corrected chi connectivity index (χ3v) is 5.98. The zero-order valence-corrected chi connectivity index (χ0v) is 18.6. The molecular formula is C25H28N4O3. The summed E-state index contributed by atoms with van der Waals surface area (Å²) in [5, 5.41) is 7.26. The van der Waals surface area contributed by atoms with E-state index in [0.29, 0.717) is 24.6 Å². The second kappa shape index (κ2) is 9.34. The highest BCUT2D eigenvalue weighted by Gasteiger charge is 2.42. The van der Waals surface area contributed by atoms with Gasteiger partial charge in [0.1, 0.15) is 0 Å². The van der Waals surface area contributed by atoms with Crippen LogP contribution in [0.4, 0.5) is 0 Å². The van der Waals surface area contributed by atoms with Crippen LogP contribution in [0.15, 0.2) is 59.1 Å². The predicted octanol–water partition coefficient (Wildman–Crippen LogP) is 3.35. The van der Waals surface area contributed by atoms with Crippen molar-refractivity contribution in [3.05, 3.63) is 71.6 Å². The van der Waals surface area contributed by atoms with E-state index < -0.39 is 0 Å². The number of amides is 2. The molecule has 2 amide bonds. The highest BCUT2D eigenvalue weighted by Crippen LogP contribution is 2.39. The molecule has 32 heavy (non-hydrogen) atoms. The van der Waals surface area contributed by atoms with Crippen LogP contribution in [-0.2, 0) is 16.0 Å². The lowest BCUT2D eigenvalue weighted by molar-refractivity contribution is -0.133. The fraction of sp³-hybridized carbons (Fsp3) is 0.360. The number of hydrogen-bond acceptors (Lipinski definition) is 5. The summed E-state index contributed by atoms with van der Waals surface area (Å²) in [5.74, 6) is 0.520. The van der Waals surface area contributed by atoms with Crippen molar-refractivity contribution in [1.29, 1.82) is 0 Å². The average Bonchev–Trinajstić information content (AvgIpc) is 3.43. The molecule has 0 unspecified atom stereocenters. The largest absolute Gasteiger partial charge is 0.352 e. The summed E-state index contributed by atoms with van der Waals surface area (Å²) in [6.07, 6.45) is 1.39. The lowest BCUT2D eigenvalue weighted by atomic mass is 10.0. The summed E-state index contributed by atoms with van der Waals surface area (Å²) in [5.41, 5.74) is 2.97. The summed E-state index contributed by atoms with van der Waals surface area (Å²) in [7, 11) is 3.50. The molecule has 3 aromatic rings. The molecule has 1 saturated carbocycles. The van der Waals surface area contributed by atoms with Crippen molar-refractivity contribution in [2.75, 3.05) is 14.1 Å². The van der Waals surface area contributed by atoms with Gasteiger partial charge in [-0.25, -0.2) is 0 Å². The highest BCUT2D eigenvalue weighted by molar-refractivity contribution is 5.81. The monoisotopic (exact) mass is 432 g/mol. The minimum Gasteiger partial charge on any atom is -0.352 e. The van der Waals surface area contributed by atoms with Crippen LogP contribution in [0, 0.1) is 12.8 Å². The molecule has 0 spiro atoms. The SMILES string of the molecule is Cc1ccc(CC(=O)N[C@H]2C[C@H](C(=O)N(C)C)C[C@H]2c2nc(-c3ccccc3)no2)cc1. The van der Waals surface area contributed by atoms with E-state index in [0.717, 1.165) is 16.7 Å². The Morgan fingerprint density at radius 1 is 1.06 bits per heavy atom. The van der Waals surface area contributed by atoms with Crippen LogP contribution in [0.25, 0.3) is 11.4 Å². The van der Waals surface area contributed by atoms with Crippen LogP contribution in [0.2, 0.25) is 0 Å². The molecule has 1 heterocycles. The number of aromatic nitrogens is 2. The van der Waals surface area contributed by atoms with E-state index in [2.05, 4.69) is 15.5 Å². The molecule has 1 N–H and O–H groups in total. The van der Waals surface area contributed by atoms with Gasteiger partial charge >= 0.3 is 0 Å². The number of carbonyl (C=O) groups is 2. The van der Waals surface area contributed by atoms with E-state index in [1.165, 1.54) is 0 Å². The first-order valence-corrected chi connectivity index (χ1v) is 10.9. The first-order chi connectivity index (χ1) is 15.4. The fourth-order valence-corrected chi connectivity index (χ4v) is 4.28. The van der Waals surface area contributed by atoms with Crippen molar-refractivity contribution in [3.63, 3.8) is 0 Å². The summed E-state index contributed by atoms with van der Waals surface area (Å²) >= 11 is 0. The van der Waals surface area contributed by atoms with Crippen LogP contribution in [0.3, 0.4) is 0 Å². The van der Waals surface area contributed by atoms with Crippen molar-refractivity contribution in [2.45, 2.75) is 38.1 Å². The second-order valence-electron chi connectivity index (χ2n) is 8.67. The van der Waals surface area contributed by atoms with Crippen molar-refractivity contribution in [3.8, 4) is 11.4 Å². The quantitative estimate of drug-likeness (QED) is 0.645. The zero-order chi connectivity index (χ0) is 22.7. The maximum absolute atomic E-state index is 12.8. The molecule has 4 rings (SSSR count). The van der Waals surface area contributed by atoms with Crippen molar-refractivity contribution in [1.82, 2.24) is 20.4 Å². The highest BCUT2D eigenvalue weighted by atomic mass is 16.5. The molecule has 0 saturated heterocycles. The van der Waals surface area contributed by atoms with Gasteiger partial charge < -0.3 is 14.7 Å². The van der Waals surface area contributed by atoms with Gasteiger partial charge in [0, 0.05) is 31.6 Å². The van der Waals surface area contributed by atoms with E-state index in [9.17, 15) is 9.59 Å². The number of carbonyl (C=O) groups excluding carboxylic acids is 2. The van der Waals surface area contributed by atoms with Crippen molar-refractivity contribution >= 4 is 11.8 Å². The predicted molar refractivity (Wildman–Crippen MR) is 121 cm³/mol. The first-order valence-electron chi connectivity index (χ1n) is 10.9. The van der Waals surface area contributed by atoms with Gasteiger partial charge in [-0.15, -0.1) is 0 Å². The van der Waals surface area contributed by atoms with Gasteiger partial charge in [0.15, 0.2) is 0 Å². The van der Waals surface area contributed by atoms with Gasteiger partial charge in [0.25, 0.3) is 0 Å². The Kier molecular flexibility index (Phi) is 6.35.